The molecule has 8 heteroatoms. The Labute approximate surface area is 180 Å². The quantitative estimate of drug-likeness (QED) is 0.465. The number of amides is 3. The van der Waals surface area contributed by atoms with Crippen molar-refractivity contribution in [3.63, 3.8) is 0 Å². The normalized spacial score (nSPS) is 16.6. The van der Waals surface area contributed by atoms with Crippen molar-refractivity contribution in [2.45, 2.75) is 37.9 Å². The summed E-state index contributed by atoms with van der Waals surface area (Å²) in [5.41, 5.74) is 3.69. The first-order valence-corrected chi connectivity index (χ1v) is 10.0. The van der Waals surface area contributed by atoms with Crippen LogP contribution in [0.5, 0.6) is 0 Å². The van der Waals surface area contributed by atoms with E-state index in [-0.39, 0.29) is 18.7 Å². The van der Waals surface area contributed by atoms with E-state index in [1.165, 1.54) is 12.0 Å². The van der Waals surface area contributed by atoms with Crippen LogP contribution in [0.15, 0.2) is 60.7 Å². The highest BCUT2D eigenvalue weighted by Gasteiger charge is 2.38. The second-order valence-electron chi connectivity index (χ2n) is 7.31. The van der Waals surface area contributed by atoms with E-state index >= 15 is 0 Å². The number of Topliss-reactive ketones (excluding diaryl/α,β-unsaturated/α-hetero) is 1. The molecule has 0 bridgehead atoms. The zero-order chi connectivity index (χ0) is 22.2. The first-order valence-electron chi connectivity index (χ1n) is 10.0. The number of carbonyl (C=O) groups is 4. The first-order chi connectivity index (χ1) is 15.0. The maximum absolute atomic E-state index is 13.1. The van der Waals surface area contributed by atoms with Gasteiger partial charge in [0.05, 0.1) is 7.11 Å². The van der Waals surface area contributed by atoms with Crippen LogP contribution in [0, 0.1) is 0 Å². The molecule has 1 saturated heterocycles. The van der Waals surface area contributed by atoms with E-state index in [1.54, 1.807) is 0 Å². The molecule has 1 heterocycles. The number of hydroxylamine groups is 1. The lowest BCUT2D eigenvalue weighted by Gasteiger charge is -2.26. The molecule has 1 aliphatic rings. The molecule has 0 aromatic heterocycles. The number of hydrogen-bond donors (Lipinski definition) is 2. The lowest BCUT2D eigenvalue weighted by Crippen LogP contribution is -2.53. The summed E-state index contributed by atoms with van der Waals surface area (Å²) in [4.78, 5) is 56.2. The van der Waals surface area contributed by atoms with Crippen LogP contribution in [0.2, 0.25) is 0 Å². The Hall–Kier alpha value is -3.52. The predicted octanol–water partition coefficient (Wildman–Crippen LogP) is 1.15. The summed E-state index contributed by atoms with van der Waals surface area (Å²) in [6, 6.07) is 16.7. The highest BCUT2D eigenvalue weighted by molar-refractivity contribution is 6.38. The molecule has 2 aromatic carbocycles. The largest absolute Gasteiger partial charge is 0.344 e. The molecule has 0 spiro atoms. The van der Waals surface area contributed by atoms with Crippen LogP contribution in [0.1, 0.15) is 24.0 Å². The van der Waals surface area contributed by atoms with Gasteiger partial charge in [-0.15, -0.1) is 0 Å². The van der Waals surface area contributed by atoms with Crippen LogP contribution in [0.4, 0.5) is 0 Å². The summed E-state index contributed by atoms with van der Waals surface area (Å²) in [6.45, 7) is 0.305. The first kappa shape index (κ1) is 22.2. The number of likely N-dealkylation sites (tertiary alicyclic amines) is 1. The molecule has 2 atom stereocenters. The highest BCUT2D eigenvalue weighted by Crippen LogP contribution is 2.22. The Morgan fingerprint density at radius 1 is 1.03 bits per heavy atom. The molecule has 1 unspecified atom stereocenters. The van der Waals surface area contributed by atoms with E-state index in [9.17, 15) is 19.2 Å². The molecular formula is C23H25N3O5. The highest BCUT2D eigenvalue weighted by atomic mass is 16.6. The van der Waals surface area contributed by atoms with Gasteiger partial charge in [0, 0.05) is 19.4 Å². The smallest absolute Gasteiger partial charge is 0.313 e. The molecule has 2 aromatic rings. The fourth-order valence-electron chi connectivity index (χ4n) is 3.61. The van der Waals surface area contributed by atoms with Crippen molar-refractivity contribution < 1.29 is 24.0 Å². The second kappa shape index (κ2) is 10.5. The van der Waals surface area contributed by atoms with Gasteiger partial charge in [-0.1, -0.05) is 60.7 Å². The third-order valence-electron chi connectivity index (χ3n) is 5.16. The van der Waals surface area contributed by atoms with Gasteiger partial charge in [-0.25, -0.2) is 5.48 Å². The lowest BCUT2D eigenvalue weighted by atomic mass is 10.0. The van der Waals surface area contributed by atoms with E-state index in [0.717, 1.165) is 11.1 Å². The number of rotatable bonds is 9. The van der Waals surface area contributed by atoms with Gasteiger partial charge >= 0.3 is 5.91 Å². The third kappa shape index (κ3) is 5.76. The topological polar surface area (TPSA) is 105 Å². The van der Waals surface area contributed by atoms with Crippen LogP contribution < -0.4 is 10.8 Å². The second-order valence-corrected chi connectivity index (χ2v) is 7.31. The van der Waals surface area contributed by atoms with Crippen molar-refractivity contribution in [2.75, 3.05) is 7.11 Å². The van der Waals surface area contributed by atoms with Crippen molar-refractivity contribution in [1.82, 2.24) is 15.7 Å². The van der Waals surface area contributed by atoms with Crippen molar-refractivity contribution >= 4 is 23.5 Å². The zero-order valence-corrected chi connectivity index (χ0v) is 17.2. The fraction of sp³-hybridized carbons (Fsp3) is 0.304. The van der Waals surface area contributed by atoms with Crippen LogP contribution in [-0.2, 0) is 37.0 Å². The summed E-state index contributed by atoms with van der Waals surface area (Å²) in [5.74, 6) is -2.35. The molecule has 1 aliphatic heterocycles. The average Bonchev–Trinajstić information content (AvgIpc) is 3.14. The Morgan fingerprint density at radius 3 is 2.26 bits per heavy atom. The summed E-state index contributed by atoms with van der Waals surface area (Å²) < 4.78 is 0. The number of carbonyl (C=O) groups excluding carboxylic acids is 4. The molecule has 0 saturated carbocycles. The zero-order valence-electron chi connectivity index (χ0n) is 17.2. The minimum Gasteiger partial charge on any atom is -0.344 e. The van der Waals surface area contributed by atoms with E-state index in [4.69, 9.17) is 0 Å². The van der Waals surface area contributed by atoms with Gasteiger partial charge in [-0.05, 0) is 17.5 Å². The SMILES string of the molecule is CONC(=O)C(=O)C(Cc1ccccc1)NC(=O)[C@@H]1CCC(=O)N1Cc1ccccc1. The van der Waals surface area contributed by atoms with Gasteiger partial charge in [0.1, 0.15) is 12.1 Å². The Kier molecular flexibility index (Phi) is 7.50. The van der Waals surface area contributed by atoms with Crippen LogP contribution >= 0.6 is 0 Å². The van der Waals surface area contributed by atoms with Gasteiger partial charge in [-0.3, -0.25) is 24.0 Å². The van der Waals surface area contributed by atoms with Crippen LogP contribution in [0.3, 0.4) is 0 Å². The molecule has 162 valence electrons. The standard InChI is InChI=1S/C23H25N3O5/c1-31-25-23(30)21(28)18(14-16-8-4-2-5-9-16)24-22(29)19-12-13-20(27)26(19)15-17-10-6-3-7-11-17/h2-11,18-19H,12-15H2,1H3,(H,24,29)(H,25,30)/t18?,19-/m0/s1. The number of benzene rings is 2. The maximum atomic E-state index is 13.1. The molecule has 0 aliphatic carbocycles. The van der Waals surface area contributed by atoms with Gasteiger partial charge in [0.15, 0.2) is 0 Å². The minimum atomic E-state index is -1.08. The summed E-state index contributed by atoms with van der Waals surface area (Å²) in [7, 11) is 1.22. The molecule has 31 heavy (non-hydrogen) atoms. The minimum absolute atomic E-state index is 0.118. The van der Waals surface area contributed by atoms with Gasteiger partial charge in [-0.2, -0.15) is 0 Å². The van der Waals surface area contributed by atoms with Crippen LogP contribution in [0.25, 0.3) is 0 Å². The van der Waals surface area contributed by atoms with Gasteiger partial charge in [0.2, 0.25) is 17.6 Å². The number of nitrogens with zero attached hydrogens (tertiary/aromatic N) is 1. The average molecular weight is 423 g/mol. The van der Waals surface area contributed by atoms with E-state index in [2.05, 4.69) is 10.2 Å². The van der Waals surface area contributed by atoms with E-state index in [1.807, 2.05) is 66.1 Å². The predicted molar refractivity (Wildman–Crippen MR) is 112 cm³/mol. The van der Waals surface area contributed by atoms with Crippen molar-refractivity contribution in [1.29, 1.82) is 0 Å². The monoisotopic (exact) mass is 423 g/mol. The van der Waals surface area contributed by atoms with Gasteiger partial charge < -0.3 is 10.2 Å². The Morgan fingerprint density at radius 2 is 1.65 bits per heavy atom. The molecule has 3 rings (SSSR count). The molecule has 2 N–H and O–H groups in total. The summed E-state index contributed by atoms with van der Waals surface area (Å²) in [5, 5.41) is 2.68. The molecule has 0 radical (unpaired) electrons. The Bertz CT molecular complexity index is 933. The molecule has 1 fully saturated rings. The number of hydrogen-bond acceptors (Lipinski definition) is 5. The van der Waals surface area contributed by atoms with Crippen LogP contribution in [-0.4, -0.2) is 47.6 Å². The molecule has 3 amide bonds. The number of ketones is 1. The fourth-order valence-corrected chi connectivity index (χ4v) is 3.61. The van der Waals surface area contributed by atoms with Crippen molar-refractivity contribution in [2.24, 2.45) is 0 Å². The summed E-state index contributed by atoms with van der Waals surface area (Å²) >= 11 is 0. The molecule has 8 nitrogen and oxygen atoms in total. The van der Waals surface area contributed by atoms with E-state index < -0.39 is 29.7 Å². The lowest BCUT2D eigenvalue weighted by molar-refractivity contribution is -0.146. The van der Waals surface area contributed by atoms with Crippen molar-refractivity contribution in [3.8, 4) is 0 Å². The van der Waals surface area contributed by atoms with Crippen molar-refractivity contribution in [3.05, 3.63) is 71.8 Å². The maximum Gasteiger partial charge on any atom is 0.313 e. The summed E-state index contributed by atoms with van der Waals surface area (Å²) in [6.07, 6.45) is 0.752. The van der Waals surface area contributed by atoms with Gasteiger partial charge in [0.25, 0.3) is 0 Å². The van der Waals surface area contributed by atoms with E-state index in [0.29, 0.717) is 13.0 Å². The third-order valence-corrected chi connectivity index (χ3v) is 5.16. The molecular weight excluding hydrogens is 398 g/mol. The Balaban J connectivity index is 1.75. The number of nitrogens with one attached hydrogen (secondary N) is 2.